The molecule has 0 radical (unpaired) electrons. The summed E-state index contributed by atoms with van der Waals surface area (Å²) in [5.41, 5.74) is -0.443. The van der Waals surface area contributed by atoms with E-state index in [2.05, 4.69) is 0 Å². The summed E-state index contributed by atoms with van der Waals surface area (Å²) in [6.45, 7) is 2.82. The van der Waals surface area contributed by atoms with E-state index in [1.54, 1.807) is 0 Å². The minimum atomic E-state index is -4.26. The van der Waals surface area contributed by atoms with Crippen LogP contribution in [-0.2, 0) is 10.0 Å². The summed E-state index contributed by atoms with van der Waals surface area (Å²) in [5, 5.41) is 10.9. The van der Waals surface area contributed by atoms with Gasteiger partial charge in [0.25, 0.3) is 15.7 Å². The van der Waals surface area contributed by atoms with Crippen LogP contribution in [0, 0.1) is 28.7 Å². The van der Waals surface area contributed by atoms with Crippen molar-refractivity contribution < 1.29 is 22.1 Å². The lowest BCUT2D eigenvalue weighted by atomic mass is 10.2. The third-order valence-corrected chi connectivity index (χ3v) is 5.45. The van der Waals surface area contributed by atoms with Crippen molar-refractivity contribution in [2.24, 2.45) is 0 Å². The molecule has 2 aromatic rings. The second-order valence-electron chi connectivity index (χ2n) is 4.97. The molecule has 0 N–H and O–H groups in total. The number of non-ortho nitro benzene ring substituents is 1. The van der Waals surface area contributed by atoms with Crippen LogP contribution in [0.3, 0.4) is 0 Å². The Morgan fingerprint density at radius 3 is 2.38 bits per heavy atom. The molecule has 2 rings (SSSR count). The lowest BCUT2D eigenvalue weighted by molar-refractivity contribution is -0.385. The molecule has 0 spiro atoms. The van der Waals surface area contributed by atoms with E-state index in [1.165, 1.54) is 26.0 Å². The molecule has 0 saturated heterocycles. The van der Waals surface area contributed by atoms with Gasteiger partial charge in [0.15, 0.2) is 0 Å². The SMILES string of the molecule is CCN(c1ccc(F)cc1F)S(=O)(=O)c1cc([N+](=O)[O-])ccc1C. The highest BCUT2D eigenvalue weighted by atomic mass is 32.2. The summed E-state index contributed by atoms with van der Waals surface area (Å²) in [6, 6.07) is 5.95. The first-order valence-corrected chi connectivity index (χ1v) is 8.35. The Kier molecular flexibility index (Phi) is 4.83. The molecule has 6 nitrogen and oxygen atoms in total. The van der Waals surface area contributed by atoms with E-state index in [-0.39, 0.29) is 22.7 Å². The van der Waals surface area contributed by atoms with Crippen molar-refractivity contribution in [3.63, 3.8) is 0 Å². The van der Waals surface area contributed by atoms with Crippen LogP contribution in [0.4, 0.5) is 20.2 Å². The fourth-order valence-corrected chi connectivity index (χ4v) is 3.98. The molecule has 0 atom stereocenters. The number of nitro groups is 1. The fourth-order valence-electron chi connectivity index (χ4n) is 2.25. The number of hydrogen-bond acceptors (Lipinski definition) is 4. The predicted molar refractivity (Wildman–Crippen MR) is 84.4 cm³/mol. The summed E-state index contributed by atoms with van der Waals surface area (Å²) in [4.78, 5) is 9.87. The van der Waals surface area contributed by atoms with Crippen LogP contribution in [0.5, 0.6) is 0 Å². The first-order valence-electron chi connectivity index (χ1n) is 6.91. The van der Waals surface area contributed by atoms with Gasteiger partial charge >= 0.3 is 0 Å². The van der Waals surface area contributed by atoms with Gasteiger partial charge < -0.3 is 0 Å². The van der Waals surface area contributed by atoms with Crippen molar-refractivity contribution in [1.29, 1.82) is 0 Å². The normalized spacial score (nSPS) is 11.3. The van der Waals surface area contributed by atoms with E-state index in [0.717, 1.165) is 22.5 Å². The van der Waals surface area contributed by atoms with E-state index in [0.29, 0.717) is 6.07 Å². The molecule has 9 heteroatoms. The molecule has 0 aliphatic heterocycles. The van der Waals surface area contributed by atoms with Crippen LogP contribution < -0.4 is 4.31 Å². The molecule has 0 saturated carbocycles. The summed E-state index contributed by atoms with van der Waals surface area (Å²) < 4.78 is 53.5. The van der Waals surface area contributed by atoms with Crippen LogP contribution in [-0.4, -0.2) is 19.9 Å². The highest BCUT2D eigenvalue weighted by Gasteiger charge is 2.29. The van der Waals surface area contributed by atoms with Gasteiger partial charge in [-0.1, -0.05) is 6.07 Å². The van der Waals surface area contributed by atoms with Crippen LogP contribution >= 0.6 is 0 Å². The van der Waals surface area contributed by atoms with Crippen molar-refractivity contribution in [3.05, 3.63) is 63.7 Å². The molecular weight excluding hydrogens is 342 g/mol. The summed E-state index contributed by atoms with van der Waals surface area (Å²) in [5.74, 6) is -1.88. The van der Waals surface area contributed by atoms with Gasteiger partial charge in [-0.05, 0) is 31.5 Å². The van der Waals surface area contributed by atoms with Gasteiger partial charge in [0.2, 0.25) is 0 Å². The summed E-state index contributed by atoms with van der Waals surface area (Å²) in [6.07, 6.45) is 0. The zero-order chi connectivity index (χ0) is 18.1. The van der Waals surface area contributed by atoms with Crippen molar-refractivity contribution >= 4 is 21.4 Å². The van der Waals surface area contributed by atoms with E-state index < -0.39 is 32.3 Å². The van der Waals surface area contributed by atoms with Crippen LogP contribution in [0.15, 0.2) is 41.3 Å². The van der Waals surface area contributed by atoms with Gasteiger partial charge in [0.1, 0.15) is 11.6 Å². The molecular formula is C15H14F2N2O4S. The van der Waals surface area contributed by atoms with E-state index >= 15 is 0 Å². The summed E-state index contributed by atoms with van der Waals surface area (Å²) >= 11 is 0. The number of anilines is 1. The van der Waals surface area contributed by atoms with Crippen molar-refractivity contribution in [2.45, 2.75) is 18.7 Å². The molecule has 0 bridgehead atoms. The average molecular weight is 356 g/mol. The zero-order valence-corrected chi connectivity index (χ0v) is 13.7. The highest BCUT2D eigenvalue weighted by molar-refractivity contribution is 7.92. The number of sulfonamides is 1. The first kappa shape index (κ1) is 17.8. The van der Waals surface area contributed by atoms with Gasteiger partial charge in [-0.25, -0.2) is 17.2 Å². The maximum atomic E-state index is 14.0. The molecule has 0 amide bonds. The monoisotopic (exact) mass is 356 g/mol. The van der Waals surface area contributed by atoms with Gasteiger partial charge in [0.05, 0.1) is 15.5 Å². The molecule has 0 heterocycles. The first-order chi connectivity index (χ1) is 11.2. The number of halogens is 2. The molecule has 0 aliphatic rings. The molecule has 0 unspecified atom stereocenters. The maximum Gasteiger partial charge on any atom is 0.270 e. The van der Waals surface area contributed by atoms with Crippen LogP contribution in [0.1, 0.15) is 12.5 Å². The van der Waals surface area contributed by atoms with Gasteiger partial charge in [-0.15, -0.1) is 0 Å². The second-order valence-corrected chi connectivity index (χ2v) is 6.80. The quantitative estimate of drug-likeness (QED) is 0.607. The Morgan fingerprint density at radius 1 is 1.17 bits per heavy atom. The maximum absolute atomic E-state index is 14.0. The van der Waals surface area contributed by atoms with E-state index in [4.69, 9.17) is 0 Å². The van der Waals surface area contributed by atoms with Crippen molar-refractivity contribution in [3.8, 4) is 0 Å². The van der Waals surface area contributed by atoms with E-state index in [1.807, 2.05) is 0 Å². The third kappa shape index (κ3) is 3.21. The average Bonchev–Trinajstić information content (AvgIpc) is 2.50. The lowest BCUT2D eigenvalue weighted by Crippen LogP contribution is -2.32. The second kappa shape index (κ2) is 6.52. The highest BCUT2D eigenvalue weighted by Crippen LogP contribution is 2.30. The number of benzene rings is 2. The van der Waals surface area contributed by atoms with Crippen LogP contribution in [0.2, 0.25) is 0 Å². The molecule has 128 valence electrons. The zero-order valence-electron chi connectivity index (χ0n) is 12.9. The van der Waals surface area contributed by atoms with E-state index in [9.17, 15) is 27.3 Å². The predicted octanol–water partition coefficient (Wildman–Crippen LogP) is 3.40. The standard InChI is InChI=1S/C15H14F2N2O4S/c1-3-18(14-7-5-11(16)8-13(14)17)24(22,23)15-9-12(19(20)21)6-4-10(15)2/h4-9H,3H2,1-2H3. The smallest absolute Gasteiger partial charge is 0.264 e. The minimum Gasteiger partial charge on any atom is -0.264 e. The summed E-state index contributed by atoms with van der Waals surface area (Å²) in [7, 11) is -4.26. The number of nitrogens with zero attached hydrogens (tertiary/aromatic N) is 2. The molecule has 24 heavy (non-hydrogen) atoms. The Bertz CT molecular complexity index is 900. The van der Waals surface area contributed by atoms with Crippen molar-refractivity contribution in [2.75, 3.05) is 10.8 Å². The van der Waals surface area contributed by atoms with Gasteiger partial charge in [-0.2, -0.15) is 0 Å². The van der Waals surface area contributed by atoms with Gasteiger partial charge in [0, 0.05) is 24.7 Å². The number of aryl methyl sites for hydroxylation is 1. The Hall–Kier alpha value is -2.55. The number of rotatable bonds is 5. The Morgan fingerprint density at radius 2 is 1.83 bits per heavy atom. The molecule has 0 aromatic heterocycles. The number of hydrogen-bond donors (Lipinski definition) is 0. The minimum absolute atomic E-state index is 0.132. The largest absolute Gasteiger partial charge is 0.270 e. The van der Waals surface area contributed by atoms with Crippen LogP contribution in [0.25, 0.3) is 0 Å². The molecule has 0 aliphatic carbocycles. The van der Waals surface area contributed by atoms with Gasteiger partial charge in [-0.3, -0.25) is 14.4 Å². The Balaban J connectivity index is 2.63. The Labute approximate surface area is 137 Å². The third-order valence-electron chi connectivity index (χ3n) is 3.42. The molecule has 2 aromatic carbocycles. The van der Waals surface area contributed by atoms with Crippen molar-refractivity contribution in [1.82, 2.24) is 0 Å². The topological polar surface area (TPSA) is 80.5 Å². The molecule has 0 fully saturated rings. The fraction of sp³-hybridized carbons (Fsp3) is 0.200. The number of nitro benzene ring substituents is 1. The lowest BCUT2D eigenvalue weighted by Gasteiger charge is -2.24.